The van der Waals surface area contributed by atoms with Crippen molar-refractivity contribution in [2.24, 2.45) is 5.92 Å². The maximum atomic E-state index is 13.0. The Morgan fingerprint density at radius 3 is 2.19 bits per heavy atom. The van der Waals surface area contributed by atoms with Gasteiger partial charge in [0.2, 0.25) is 5.91 Å². The Labute approximate surface area is 162 Å². The minimum absolute atomic E-state index is 0.0790. The van der Waals surface area contributed by atoms with Crippen LogP contribution in [0, 0.1) is 5.92 Å². The number of amides is 1. The Bertz CT molecular complexity index is 910. The largest absolute Gasteiger partial charge is 0.361 e. The van der Waals surface area contributed by atoms with Crippen LogP contribution in [0.25, 0.3) is 10.9 Å². The van der Waals surface area contributed by atoms with E-state index < -0.39 is 0 Å². The number of hydrogen-bond donors (Lipinski definition) is 2. The molecule has 0 aliphatic rings. The van der Waals surface area contributed by atoms with Crippen molar-refractivity contribution in [3.8, 4) is 0 Å². The number of benzene rings is 2. The predicted molar refractivity (Wildman–Crippen MR) is 114 cm³/mol. The van der Waals surface area contributed by atoms with Crippen molar-refractivity contribution in [2.75, 3.05) is 5.32 Å². The molecule has 0 aliphatic heterocycles. The van der Waals surface area contributed by atoms with Crippen molar-refractivity contribution in [2.45, 2.75) is 52.9 Å². The molecule has 0 saturated carbocycles. The van der Waals surface area contributed by atoms with E-state index >= 15 is 0 Å². The highest BCUT2D eigenvalue weighted by Gasteiger charge is 2.20. The third-order valence-corrected chi connectivity index (χ3v) is 5.27. The number of aromatic nitrogens is 1. The van der Waals surface area contributed by atoms with E-state index in [0.29, 0.717) is 11.8 Å². The minimum atomic E-state index is -0.107. The summed E-state index contributed by atoms with van der Waals surface area (Å²) in [6, 6.07) is 14.6. The number of para-hydroxylation sites is 2. The second-order valence-electron chi connectivity index (χ2n) is 8.07. The van der Waals surface area contributed by atoms with Crippen molar-refractivity contribution in [3.63, 3.8) is 0 Å². The number of fused-ring (bicyclic) bond motifs is 1. The number of aromatic amines is 1. The Balaban J connectivity index is 1.83. The Hall–Kier alpha value is -2.55. The van der Waals surface area contributed by atoms with Gasteiger partial charge >= 0.3 is 0 Å². The van der Waals surface area contributed by atoms with E-state index in [1.807, 2.05) is 25.3 Å². The van der Waals surface area contributed by atoms with Gasteiger partial charge in [-0.25, -0.2) is 0 Å². The number of anilines is 1. The van der Waals surface area contributed by atoms with Crippen LogP contribution in [-0.2, 0) is 11.2 Å². The highest BCUT2D eigenvalue weighted by Crippen LogP contribution is 2.33. The van der Waals surface area contributed by atoms with Gasteiger partial charge in [0.05, 0.1) is 0 Å². The zero-order chi connectivity index (χ0) is 19.6. The van der Waals surface area contributed by atoms with Crippen LogP contribution in [0.1, 0.15) is 63.1 Å². The van der Waals surface area contributed by atoms with Crippen LogP contribution in [-0.4, -0.2) is 10.9 Å². The fourth-order valence-corrected chi connectivity index (χ4v) is 3.66. The van der Waals surface area contributed by atoms with E-state index in [9.17, 15) is 4.79 Å². The summed E-state index contributed by atoms with van der Waals surface area (Å²) >= 11 is 0. The number of nitrogens with one attached hydrogen (secondary N) is 2. The number of hydrogen-bond acceptors (Lipinski definition) is 1. The summed E-state index contributed by atoms with van der Waals surface area (Å²) in [7, 11) is 0. The SMILES string of the molecule is CC(Cc1c[nH]c2ccccc12)C(=O)Nc1c(C(C)C)cccc1C(C)C. The van der Waals surface area contributed by atoms with Gasteiger partial charge in [0.25, 0.3) is 0 Å². The molecular formula is C24H30N2O. The lowest BCUT2D eigenvalue weighted by molar-refractivity contribution is -0.119. The molecular weight excluding hydrogens is 332 g/mol. The molecule has 1 unspecified atom stereocenters. The molecule has 142 valence electrons. The fourth-order valence-electron chi connectivity index (χ4n) is 3.66. The van der Waals surface area contributed by atoms with E-state index in [2.05, 4.69) is 68.3 Å². The predicted octanol–water partition coefficient (Wildman–Crippen LogP) is 6.23. The van der Waals surface area contributed by atoms with Crippen molar-refractivity contribution in [1.82, 2.24) is 4.98 Å². The highest BCUT2D eigenvalue weighted by atomic mass is 16.1. The molecule has 2 aromatic carbocycles. The second-order valence-corrected chi connectivity index (χ2v) is 8.07. The zero-order valence-corrected chi connectivity index (χ0v) is 17.0. The van der Waals surface area contributed by atoms with E-state index in [4.69, 9.17) is 0 Å². The molecule has 1 heterocycles. The summed E-state index contributed by atoms with van der Waals surface area (Å²) < 4.78 is 0. The van der Waals surface area contributed by atoms with Gasteiger partial charge in [0.15, 0.2) is 0 Å². The molecule has 1 amide bonds. The van der Waals surface area contributed by atoms with Gasteiger partial charge in [0.1, 0.15) is 0 Å². The third kappa shape index (κ3) is 4.08. The van der Waals surface area contributed by atoms with Crippen molar-refractivity contribution >= 4 is 22.5 Å². The monoisotopic (exact) mass is 362 g/mol. The lowest BCUT2D eigenvalue weighted by Crippen LogP contribution is -2.24. The van der Waals surface area contributed by atoms with E-state index in [-0.39, 0.29) is 11.8 Å². The molecule has 27 heavy (non-hydrogen) atoms. The van der Waals surface area contributed by atoms with Gasteiger partial charge in [-0.15, -0.1) is 0 Å². The molecule has 1 aromatic heterocycles. The summed E-state index contributed by atoms with van der Waals surface area (Å²) in [4.78, 5) is 16.3. The maximum Gasteiger partial charge on any atom is 0.227 e. The van der Waals surface area contributed by atoms with Crippen LogP contribution in [0.15, 0.2) is 48.7 Å². The Morgan fingerprint density at radius 2 is 1.56 bits per heavy atom. The van der Waals surface area contributed by atoms with Gasteiger partial charge in [-0.3, -0.25) is 4.79 Å². The van der Waals surface area contributed by atoms with E-state index in [1.54, 1.807) is 0 Å². The summed E-state index contributed by atoms with van der Waals surface area (Å²) in [5, 5.41) is 4.45. The quantitative estimate of drug-likeness (QED) is 0.536. The molecule has 0 bridgehead atoms. The number of carbonyl (C=O) groups is 1. The molecule has 3 nitrogen and oxygen atoms in total. The van der Waals surface area contributed by atoms with E-state index in [0.717, 1.165) is 17.6 Å². The topological polar surface area (TPSA) is 44.9 Å². The zero-order valence-electron chi connectivity index (χ0n) is 17.0. The van der Waals surface area contributed by atoms with Crippen molar-refractivity contribution in [1.29, 1.82) is 0 Å². The van der Waals surface area contributed by atoms with Gasteiger partial charge in [-0.2, -0.15) is 0 Å². The Kier molecular flexibility index (Phi) is 5.69. The fraction of sp³-hybridized carbons (Fsp3) is 0.375. The van der Waals surface area contributed by atoms with Gasteiger partial charge in [-0.1, -0.05) is 71.0 Å². The first kappa shape index (κ1) is 19.2. The first-order valence-corrected chi connectivity index (χ1v) is 9.87. The van der Waals surface area contributed by atoms with Gasteiger partial charge < -0.3 is 10.3 Å². The summed E-state index contributed by atoms with van der Waals surface area (Å²) in [6.07, 6.45) is 2.74. The number of carbonyl (C=O) groups excluding carboxylic acids is 1. The van der Waals surface area contributed by atoms with Crippen LogP contribution < -0.4 is 5.32 Å². The molecule has 3 heteroatoms. The average Bonchev–Trinajstić information content (AvgIpc) is 3.04. The highest BCUT2D eigenvalue weighted by molar-refractivity contribution is 5.95. The maximum absolute atomic E-state index is 13.0. The first-order chi connectivity index (χ1) is 12.9. The van der Waals surface area contributed by atoms with Crippen molar-refractivity contribution < 1.29 is 4.79 Å². The normalized spacial score (nSPS) is 12.7. The molecule has 1 atom stereocenters. The van der Waals surface area contributed by atoms with Gasteiger partial charge in [-0.05, 0) is 41.0 Å². The van der Waals surface area contributed by atoms with E-state index in [1.165, 1.54) is 22.1 Å². The second kappa shape index (κ2) is 7.99. The molecule has 0 aliphatic carbocycles. The van der Waals surface area contributed by atoms with Crippen LogP contribution in [0.4, 0.5) is 5.69 Å². The average molecular weight is 363 g/mol. The smallest absolute Gasteiger partial charge is 0.227 e. The molecule has 2 N–H and O–H groups in total. The molecule has 0 radical (unpaired) electrons. The standard InChI is InChI=1S/C24H30N2O/c1-15(2)19-10-8-11-20(16(3)4)23(19)26-24(27)17(5)13-18-14-25-22-12-7-6-9-21(18)22/h6-12,14-17,25H,13H2,1-5H3,(H,26,27). The van der Waals surface area contributed by atoms with Gasteiger partial charge in [0, 0.05) is 28.7 Å². The van der Waals surface area contributed by atoms with Crippen LogP contribution in [0.3, 0.4) is 0 Å². The van der Waals surface area contributed by atoms with Crippen molar-refractivity contribution in [3.05, 3.63) is 65.4 Å². The third-order valence-electron chi connectivity index (χ3n) is 5.27. The number of rotatable bonds is 6. The number of H-pyrrole nitrogens is 1. The summed E-state index contributed by atoms with van der Waals surface area (Å²) in [6.45, 7) is 10.7. The molecule has 3 rings (SSSR count). The summed E-state index contributed by atoms with van der Waals surface area (Å²) in [5.41, 5.74) is 5.71. The lowest BCUT2D eigenvalue weighted by Gasteiger charge is -2.21. The molecule has 3 aromatic rings. The Morgan fingerprint density at radius 1 is 0.926 bits per heavy atom. The molecule has 0 fully saturated rings. The summed E-state index contributed by atoms with van der Waals surface area (Å²) in [5.74, 6) is 0.700. The lowest BCUT2D eigenvalue weighted by atomic mass is 9.92. The molecule has 0 saturated heterocycles. The first-order valence-electron chi connectivity index (χ1n) is 9.87. The minimum Gasteiger partial charge on any atom is -0.361 e. The van der Waals surface area contributed by atoms with Crippen LogP contribution in [0.2, 0.25) is 0 Å². The van der Waals surface area contributed by atoms with Crippen LogP contribution >= 0.6 is 0 Å². The van der Waals surface area contributed by atoms with Crippen LogP contribution in [0.5, 0.6) is 0 Å². The molecule has 0 spiro atoms.